The summed E-state index contributed by atoms with van der Waals surface area (Å²) in [5, 5.41) is 32.3. The quantitative estimate of drug-likeness (QED) is 0.179. The number of benzene rings is 3. The lowest BCUT2D eigenvalue weighted by Crippen LogP contribution is -2.50. The number of β-amino-alcohol motifs (C(OH)–C–C–N with tert-alkyl or cyclic N) is 1. The highest BCUT2D eigenvalue weighted by Crippen LogP contribution is 2.31. The summed E-state index contributed by atoms with van der Waals surface area (Å²) in [5.74, 6) is -2.99. The number of aliphatic carboxylic acids is 1. The van der Waals surface area contributed by atoms with Crippen LogP contribution in [-0.4, -0.2) is 78.2 Å². The summed E-state index contributed by atoms with van der Waals surface area (Å²) in [6.07, 6.45) is -0.564. The molecular weight excluding hydrogens is 599 g/mol. The van der Waals surface area contributed by atoms with Gasteiger partial charge in [-0.2, -0.15) is 0 Å². The van der Waals surface area contributed by atoms with E-state index in [-0.39, 0.29) is 27.7 Å². The second kappa shape index (κ2) is 14.5. The lowest BCUT2D eigenvalue weighted by atomic mass is 10.0. The monoisotopic (exact) mass is 626 g/mol. The van der Waals surface area contributed by atoms with Gasteiger partial charge in [-0.15, -0.1) is 0 Å². The standard InChI is InChI=1S/C29H28Cl2N6O6/c30-21-10-18(16-5-2-1-3-6-16)11-22(31)25(21)27(41)37-23(28(42)43)14-32-24(39)15-33-26(40)17-7-4-8-19(9-17)36-29-34-12-20(38)13-35-29/h1-11,20,23,38H,12-15H2,(H,32,39)(H,33,40)(H,37,41)(H,42,43)(H2,34,35,36)/t23-/m0/s1. The van der Waals surface area contributed by atoms with E-state index >= 15 is 0 Å². The minimum absolute atomic E-state index is 0.0285. The SMILES string of the molecule is O=C(CNC(=O)c1cccc(NC2=NCC(O)CN2)c1)NC[C@H](NC(=O)c1c(Cl)cc(-c2ccccc2)cc1Cl)C(=O)O. The predicted molar refractivity (Wildman–Crippen MR) is 163 cm³/mol. The Balaban J connectivity index is 1.29. The number of rotatable bonds is 10. The first-order valence-electron chi connectivity index (χ1n) is 13.1. The summed E-state index contributed by atoms with van der Waals surface area (Å²) in [7, 11) is 0. The molecule has 0 radical (unpaired) electrons. The van der Waals surface area contributed by atoms with Crippen LogP contribution in [0.15, 0.2) is 71.7 Å². The number of nitrogens with one attached hydrogen (secondary N) is 5. The molecule has 0 bridgehead atoms. The van der Waals surface area contributed by atoms with E-state index in [4.69, 9.17) is 23.2 Å². The lowest BCUT2D eigenvalue weighted by Gasteiger charge is -2.20. The second-order valence-electron chi connectivity index (χ2n) is 9.46. The van der Waals surface area contributed by atoms with Crippen LogP contribution in [0.3, 0.4) is 0 Å². The third-order valence-corrected chi connectivity index (χ3v) is 6.84. The van der Waals surface area contributed by atoms with E-state index in [1.165, 1.54) is 0 Å². The molecule has 0 saturated carbocycles. The Bertz CT molecular complexity index is 1530. The van der Waals surface area contributed by atoms with Gasteiger partial charge in [-0.05, 0) is 41.5 Å². The molecule has 14 heteroatoms. The van der Waals surface area contributed by atoms with Crippen molar-refractivity contribution in [2.75, 3.05) is 31.5 Å². The fourth-order valence-corrected chi connectivity index (χ4v) is 4.71. The number of aliphatic hydroxyl groups excluding tert-OH is 1. The number of amides is 3. The molecular formula is C29H28Cl2N6O6. The Labute approximate surface area is 256 Å². The van der Waals surface area contributed by atoms with Crippen molar-refractivity contribution in [3.63, 3.8) is 0 Å². The molecule has 0 fully saturated rings. The Morgan fingerprint density at radius 3 is 2.30 bits per heavy atom. The molecule has 7 N–H and O–H groups in total. The zero-order chi connectivity index (χ0) is 30.9. The molecule has 3 aromatic carbocycles. The van der Waals surface area contributed by atoms with Crippen molar-refractivity contribution < 1.29 is 29.4 Å². The van der Waals surface area contributed by atoms with Gasteiger partial charge in [0.05, 0.1) is 34.8 Å². The Hall–Kier alpha value is -4.65. The van der Waals surface area contributed by atoms with E-state index in [0.717, 1.165) is 5.56 Å². The van der Waals surface area contributed by atoms with Crippen LogP contribution in [0.2, 0.25) is 10.0 Å². The number of aliphatic hydroxyl groups is 1. The van der Waals surface area contributed by atoms with Crippen molar-refractivity contribution in [1.29, 1.82) is 0 Å². The van der Waals surface area contributed by atoms with Crippen molar-refractivity contribution in [2.45, 2.75) is 12.1 Å². The molecule has 3 amide bonds. The van der Waals surface area contributed by atoms with Gasteiger partial charge in [0.15, 0.2) is 5.96 Å². The average Bonchev–Trinajstić information content (AvgIpc) is 2.99. The number of nitrogens with zero attached hydrogens (tertiary/aromatic N) is 1. The van der Waals surface area contributed by atoms with Crippen LogP contribution in [0.4, 0.5) is 5.69 Å². The van der Waals surface area contributed by atoms with Crippen molar-refractivity contribution in [3.05, 3.63) is 87.9 Å². The smallest absolute Gasteiger partial charge is 0.328 e. The van der Waals surface area contributed by atoms with Gasteiger partial charge in [-0.1, -0.05) is 59.6 Å². The first-order valence-corrected chi connectivity index (χ1v) is 13.8. The molecule has 0 aromatic heterocycles. The van der Waals surface area contributed by atoms with Gasteiger partial charge >= 0.3 is 5.97 Å². The Kier molecular flexibility index (Phi) is 10.5. The van der Waals surface area contributed by atoms with Crippen LogP contribution in [0, 0.1) is 0 Å². The van der Waals surface area contributed by atoms with Crippen LogP contribution in [0.5, 0.6) is 0 Å². The van der Waals surface area contributed by atoms with Crippen molar-refractivity contribution in [2.24, 2.45) is 4.99 Å². The molecule has 1 aliphatic rings. The maximum absolute atomic E-state index is 12.9. The second-order valence-corrected chi connectivity index (χ2v) is 10.3. The maximum atomic E-state index is 12.9. The van der Waals surface area contributed by atoms with Gasteiger partial charge < -0.3 is 36.8 Å². The largest absolute Gasteiger partial charge is 0.480 e. The molecule has 224 valence electrons. The van der Waals surface area contributed by atoms with Crippen molar-refractivity contribution in [3.8, 4) is 11.1 Å². The first-order chi connectivity index (χ1) is 20.6. The molecule has 1 unspecified atom stereocenters. The summed E-state index contributed by atoms with van der Waals surface area (Å²) >= 11 is 12.7. The van der Waals surface area contributed by atoms with Gasteiger partial charge in [-0.3, -0.25) is 19.4 Å². The summed E-state index contributed by atoms with van der Waals surface area (Å²) in [4.78, 5) is 53.8. The Morgan fingerprint density at radius 1 is 0.930 bits per heavy atom. The molecule has 43 heavy (non-hydrogen) atoms. The Morgan fingerprint density at radius 2 is 1.65 bits per heavy atom. The summed E-state index contributed by atoms with van der Waals surface area (Å²) in [6.45, 7) is -0.310. The molecule has 0 saturated heterocycles. The van der Waals surface area contributed by atoms with E-state index in [1.807, 2.05) is 30.3 Å². The number of aliphatic imine (C=N–C) groups is 1. The molecule has 3 aromatic rings. The van der Waals surface area contributed by atoms with E-state index in [9.17, 15) is 29.4 Å². The van der Waals surface area contributed by atoms with E-state index < -0.39 is 48.9 Å². The number of carbonyl (C=O) groups excluding carboxylic acids is 3. The molecule has 12 nitrogen and oxygen atoms in total. The molecule has 1 aliphatic heterocycles. The molecule has 0 spiro atoms. The first kappa shape index (κ1) is 31.3. The summed E-state index contributed by atoms with van der Waals surface area (Å²) < 4.78 is 0. The topological polar surface area (TPSA) is 181 Å². The minimum Gasteiger partial charge on any atom is -0.480 e. The third-order valence-electron chi connectivity index (χ3n) is 6.25. The van der Waals surface area contributed by atoms with Gasteiger partial charge in [0.1, 0.15) is 6.04 Å². The number of halogens is 2. The zero-order valence-corrected chi connectivity index (χ0v) is 24.1. The van der Waals surface area contributed by atoms with Crippen LogP contribution in [0.1, 0.15) is 20.7 Å². The van der Waals surface area contributed by atoms with E-state index in [2.05, 4.69) is 31.6 Å². The minimum atomic E-state index is -1.51. The number of carboxylic acids is 1. The fraction of sp³-hybridized carbons (Fsp3) is 0.207. The highest BCUT2D eigenvalue weighted by Gasteiger charge is 2.25. The van der Waals surface area contributed by atoms with Crippen LogP contribution >= 0.6 is 23.2 Å². The average molecular weight is 627 g/mol. The molecule has 2 atom stereocenters. The van der Waals surface area contributed by atoms with E-state index in [0.29, 0.717) is 23.8 Å². The van der Waals surface area contributed by atoms with Crippen molar-refractivity contribution >= 4 is 58.5 Å². The normalized spacial score (nSPS) is 14.9. The number of hydrogen-bond acceptors (Lipinski definition) is 8. The predicted octanol–water partition coefficient (Wildman–Crippen LogP) is 2.12. The number of anilines is 1. The lowest BCUT2D eigenvalue weighted by molar-refractivity contribution is -0.139. The number of guanidine groups is 1. The molecule has 4 rings (SSSR count). The molecule has 1 heterocycles. The van der Waals surface area contributed by atoms with Gasteiger partial charge in [0.2, 0.25) is 5.91 Å². The van der Waals surface area contributed by atoms with Crippen LogP contribution in [0.25, 0.3) is 11.1 Å². The highest BCUT2D eigenvalue weighted by atomic mass is 35.5. The summed E-state index contributed by atoms with van der Waals surface area (Å²) in [6, 6.07) is 17.3. The van der Waals surface area contributed by atoms with Crippen LogP contribution in [-0.2, 0) is 9.59 Å². The van der Waals surface area contributed by atoms with Gasteiger partial charge in [0.25, 0.3) is 11.8 Å². The fourth-order valence-electron chi connectivity index (χ4n) is 4.05. The molecule has 0 aliphatic carbocycles. The number of carboxylic acid groups (broad SMARTS) is 1. The van der Waals surface area contributed by atoms with Crippen LogP contribution < -0.4 is 26.6 Å². The zero-order valence-electron chi connectivity index (χ0n) is 22.6. The maximum Gasteiger partial charge on any atom is 0.328 e. The summed E-state index contributed by atoms with van der Waals surface area (Å²) in [5.41, 5.74) is 2.23. The number of hydrogen-bond donors (Lipinski definition) is 7. The van der Waals surface area contributed by atoms with E-state index in [1.54, 1.807) is 36.4 Å². The van der Waals surface area contributed by atoms with Crippen molar-refractivity contribution in [1.82, 2.24) is 21.3 Å². The number of carbonyl (C=O) groups is 4. The van der Waals surface area contributed by atoms with Gasteiger partial charge in [0, 0.05) is 24.3 Å². The van der Waals surface area contributed by atoms with Gasteiger partial charge in [-0.25, -0.2) is 4.79 Å². The third kappa shape index (κ3) is 8.67. The highest BCUT2D eigenvalue weighted by molar-refractivity contribution is 6.40.